The van der Waals surface area contributed by atoms with E-state index < -0.39 is 6.23 Å². The standard InChI is InChI=1S/C24H19FN8OS/c1-2-20(34)29-14-5-12(7-26-9-14)13-6-15-22(32-33-23(15)28-8-13)24-30-17-11-27-10-16(21(17)31-24)18-3-4-19(25)35-18/h3-11,20,29,34H,2H2,1H3,(H,30,31)(H,28,32,33). The van der Waals surface area contributed by atoms with Crippen molar-refractivity contribution < 1.29 is 9.50 Å². The molecule has 0 spiro atoms. The number of hydrogen-bond acceptors (Lipinski definition) is 8. The smallest absolute Gasteiger partial charge is 0.181 e. The summed E-state index contributed by atoms with van der Waals surface area (Å²) < 4.78 is 13.6. The van der Waals surface area contributed by atoms with E-state index in [0.717, 1.165) is 43.8 Å². The molecule has 6 heterocycles. The van der Waals surface area contributed by atoms with Crippen LogP contribution in [0.5, 0.6) is 0 Å². The molecule has 0 bridgehead atoms. The van der Waals surface area contributed by atoms with Gasteiger partial charge in [0.2, 0.25) is 0 Å². The van der Waals surface area contributed by atoms with Gasteiger partial charge in [0.05, 0.1) is 29.0 Å². The number of aliphatic hydroxyl groups excluding tert-OH is 1. The third-order valence-electron chi connectivity index (χ3n) is 5.67. The molecule has 35 heavy (non-hydrogen) atoms. The van der Waals surface area contributed by atoms with Crippen LogP contribution in [0.25, 0.3) is 55.2 Å². The van der Waals surface area contributed by atoms with E-state index >= 15 is 0 Å². The van der Waals surface area contributed by atoms with Crippen molar-refractivity contribution in [2.75, 3.05) is 5.32 Å². The van der Waals surface area contributed by atoms with E-state index in [1.54, 1.807) is 37.1 Å². The Labute approximate surface area is 202 Å². The molecular formula is C24H19FN8OS. The first-order valence-electron chi connectivity index (χ1n) is 10.9. The van der Waals surface area contributed by atoms with Crippen molar-refractivity contribution >= 4 is 39.1 Å². The minimum atomic E-state index is -0.647. The lowest BCUT2D eigenvalue weighted by Crippen LogP contribution is -2.16. The van der Waals surface area contributed by atoms with Crippen LogP contribution in [0.1, 0.15) is 13.3 Å². The molecule has 6 rings (SSSR count). The van der Waals surface area contributed by atoms with Gasteiger partial charge in [-0.2, -0.15) is 9.49 Å². The fourth-order valence-corrected chi connectivity index (χ4v) is 4.64. The van der Waals surface area contributed by atoms with Crippen LogP contribution in [0, 0.1) is 5.13 Å². The Morgan fingerprint density at radius 2 is 1.94 bits per heavy atom. The van der Waals surface area contributed by atoms with Crippen LogP contribution in [0.2, 0.25) is 0 Å². The zero-order valence-corrected chi connectivity index (χ0v) is 19.3. The van der Waals surface area contributed by atoms with Gasteiger partial charge in [-0.1, -0.05) is 6.92 Å². The molecule has 6 aromatic heterocycles. The summed E-state index contributed by atoms with van der Waals surface area (Å²) >= 11 is 1.05. The SMILES string of the molecule is CCC(O)Nc1cncc(-c2cnc3n[nH]c(-c4nc5c(-c6ccc(F)s6)cncc5[nH]4)c3c2)c1. The number of thiophene rings is 1. The number of aromatic amines is 2. The number of H-pyrrole nitrogens is 2. The zero-order chi connectivity index (χ0) is 23.9. The molecule has 0 aliphatic rings. The van der Waals surface area contributed by atoms with Gasteiger partial charge in [-0.05, 0) is 30.7 Å². The Balaban J connectivity index is 1.42. The highest BCUT2D eigenvalue weighted by atomic mass is 32.1. The number of fused-ring (bicyclic) bond motifs is 2. The third kappa shape index (κ3) is 3.90. The van der Waals surface area contributed by atoms with Gasteiger partial charge in [-0.3, -0.25) is 15.1 Å². The molecule has 1 unspecified atom stereocenters. The van der Waals surface area contributed by atoms with Crippen molar-refractivity contribution in [1.82, 2.24) is 35.1 Å². The number of nitrogens with zero attached hydrogens (tertiary/aromatic N) is 5. The summed E-state index contributed by atoms with van der Waals surface area (Å²) in [6.07, 6.45) is 8.44. The molecule has 174 valence electrons. The Hall–Kier alpha value is -4.22. The lowest BCUT2D eigenvalue weighted by atomic mass is 10.1. The predicted molar refractivity (Wildman–Crippen MR) is 133 cm³/mol. The molecule has 0 saturated carbocycles. The number of aliphatic hydroxyl groups is 1. The van der Waals surface area contributed by atoms with Crippen LogP contribution < -0.4 is 5.32 Å². The molecule has 0 aliphatic carbocycles. The molecule has 0 aliphatic heterocycles. The molecule has 1 atom stereocenters. The molecule has 11 heteroatoms. The van der Waals surface area contributed by atoms with Gasteiger partial charge in [-0.25, -0.2) is 9.97 Å². The molecule has 0 fully saturated rings. The van der Waals surface area contributed by atoms with E-state index in [1.165, 1.54) is 6.07 Å². The summed E-state index contributed by atoms with van der Waals surface area (Å²) in [6, 6.07) is 7.04. The minimum Gasteiger partial charge on any atom is -0.374 e. The van der Waals surface area contributed by atoms with Crippen molar-refractivity contribution in [2.24, 2.45) is 0 Å². The monoisotopic (exact) mass is 486 g/mol. The average molecular weight is 487 g/mol. The number of pyridine rings is 3. The number of aromatic nitrogens is 7. The molecule has 4 N–H and O–H groups in total. The number of nitrogens with one attached hydrogen (secondary N) is 3. The topological polar surface area (TPSA) is 128 Å². The van der Waals surface area contributed by atoms with Gasteiger partial charge >= 0.3 is 0 Å². The summed E-state index contributed by atoms with van der Waals surface area (Å²) in [4.78, 5) is 21.9. The average Bonchev–Trinajstić information content (AvgIpc) is 3.61. The summed E-state index contributed by atoms with van der Waals surface area (Å²) in [5, 5.41) is 20.8. The lowest BCUT2D eigenvalue weighted by molar-refractivity contribution is 0.199. The second-order valence-corrected chi connectivity index (χ2v) is 9.03. The van der Waals surface area contributed by atoms with E-state index in [9.17, 15) is 9.50 Å². The number of rotatable bonds is 6. The second kappa shape index (κ2) is 8.53. The van der Waals surface area contributed by atoms with Crippen LogP contribution in [-0.4, -0.2) is 46.5 Å². The fourth-order valence-electron chi connectivity index (χ4n) is 3.90. The van der Waals surface area contributed by atoms with Crippen molar-refractivity contribution in [3.8, 4) is 33.1 Å². The van der Waals surface area contributed by atoms with Crippen LogP contribution in [0.15, 0.2) is 55.2 Å². The van der Waals surface area contributed by atoms with Gasteiger partial charge in [0.1, 0.15) is 17.4 Å². The normalized spacial score (nSPS) is 12.4. The lowest BCUT2D eigenvalue weighted by Gasteiger charge is -2.12. The molecule has 0 amide bonds. The molecule has 9 nitrogen and oxygen atoms in total. The number of halogens is 1. The van der Waals surface area contributed by atoms with E-state index in [0.29, 0.717) is 34.8 Å². The Morgan fingerprint density at radius 1 is 1.09 bits per heavy atom. The highest BCUT2D eigenvalue weighted by Gasteiger charge is 2.17. The third-order valence-corrected chi connectivity index (χ3v) is 6.58. The minimum absolute atomic E-state index is 0.260. The van der Waals surface area contributed by atoms with Crippen molar-refractivity contribution in [3.63, 3.8) is 0 Å². The van der Waals surface area contributed by atoms with Crippen LogP contribution in [-0.2, 0) is 0 Å². The Kier molecular flexibility index (Phi) is 5.20. The highest BCUT2D eigenvalue weighted by molar-refractivity contribution is 7.14. The maximum Gasteiger partial charge on any atom is 0.181 e. The largest absolute Gasteiger partial charge is 0.374 e. The van der Waals surface area contributed by atoms with Crippen LogP contribution >= 0.6 is 11.3 Å². The highest BCUT2D eigenvalue weighted by Crippen LogP contribution is 2.34. The molecule has 0 radical (unpaired) electrons. The van der Waals surface area contributed by atoms with E-state index in [2.05, 4.69) is 35.5 Å². The predicted octanol–water partition coefficient (Wildman–Crippen LogP) is 4.97. The summed E-state index contributed by atoms with van der Waals surface area (Å²) in [6.45, 7) is 1.89. The molecule has 0 saturated heterocycles. The van der Waals surface area contributed by atoms with Gasteiger partial charge in [0, 0.05) is 40.2 Å². The van der Waals surface area contributed by atoms with Crippen LogP contribution in [0.4, 0.5) is 10.1 Å². The second-order valence-electron chi connectivity index (χ2n) is 8.00. The fraction of sp³-hybridized carbons (Fsp3) is 0.125. The van der Waals surface area contributed by atoms with E-state index in [-0.39, 0.29) is 5.13 Å². The van der Waals surface area contributed by atoms with Gasteiger partial charge < -0.3 is 15.4 Å². The van der Waals surface area contributed by atoms with Crippen LogP contribution in [0.3, 0.4) is 0 Å². The van der Waals surface area contributed by atoms with E-state index in [1.807, 2.05) is 19.1 Å². The van der Waals surface area contributed by atoms with Crippen molar-refractivity contribution in [3.05, 3.63) is 60.4 Å². The van der Waals surface area contributed by atoms with Crippen molar-refractivity contribution in [2.45, 2.75) is 19.6 Å². The summed E-state index contributed by atoms with van der Waals surface area (Å²) in [7, 11) is 0. The first-order chi connectivity index (χ1) is 17.1. The zero-order valence-electron chi connectivity index (χ0n) is 18.5. The maximum atomic E-state index is 13.6. The summed E-state index contributed by atoms with van der Waals surface area (Å²) in [5.41, 5.74) is 5.81. The molecular weight excluding hydrogens is 467 g/mol. The van der Waals surface area contributed by atoms with Gasteiger partial charge in [0.25, 0.3) is 0 Å². The Bertz CT molecular complexity index is 1670. The number of anilines is 1. The first kappa shape index (κ1) is 21.3. The maximum absolute atomic E-state index is 13.6. The van der Waals surface area contributed by atoms with Gasteiger partial charge in [0.15, 0.2) is 16.6 Å². The molecule has 0 aromatic carbocycles. The van der Waals surface area contributed by atoms with Gasteiger partial charge in [-0.15, -0.1) is 11.3 Å². The Morgan fingerprint density at radius 3 is 2.77 bits per heavy atom. The first-order valence-corrected chi connectivity index (χ1v) is 11.7. The summed E-state index contributed by atoms with van der Waals surface area (Å²) in [5.74, 6) is 0.576. The quantitative estimate of drug-likeness (QED) is 0.245. The number of imidazole rings is 1. The number of hydrogen-bond donors (Lipinski definition) is 4. The van der Waals surface area contributed by atoms with Crippen molar-refractivity contribution in [1.29, 1.82) is 0 Å². The van der Waals surface area contributed by atoms with E-state index in [4.69, 9.17) is 4.98 Å². The molecule has 6 aromatic rings.